The molecule has 1 aliphatic heterocycles. The Balaban J connectivity index is 1.45. The number of nitrogens with one attached hydrogen (secondary N) is 1. The Hall–Kier alpha value is -1.88. The molecule has 1 saturated heterocycles. The van der Waals surface area contributed by atoms with Gasteiger partial charge in [0.05, 0.1) is 6.54 Å². The van der Waals surface area contributed by atoms with Crippen molar-refractivity contribution in [2.24, 2.45) is 5.92 Å². The van der Waals surface area contributed by atoms with E-state index in [1.54, 1.807) is 0 Å². The third-order valence-corrected chi connectivity index (χ3v) is 4.35. The van der Waals surface area contributed by atoms with E-state index >= 15 is 0 Å². The predicted molar refractivity (Wildman–Crippen MR) is 86.8 cm³/mol. The van der Waals surface area contributed by atoms with Crippen LogP contribution in [0, 0.1) is 5.92 Å². The van der Waals surface area contributed by atoms with Gasteiger partial charge in [0.25, 0.3) is 0 Å². The maximum Gasteiger partial charge on any atom is 0.318 e. The largest absolute Gasteiger partial charge is 0.407 e. The molecule has 0 atom stereocenters. The van der Waals surface area contributed by atoms with Crippen molar-refractivity contribution >= 4 is 6.01 Å². The van der Waals surface area contributed by atoms with Gasteiger partial charge in [-0.15, -0.1) is 5.10 Å². The number of anilines is 1. The molecule has 2 heterocycles. The summed E-state index contributed by atoms with van der Waals surface area (Å²) < 4.78 is 5.67. The fraction of sp³-hybridized carbons (Fsp3) is 0.529. The average Bonchev–Trinajstić information content (AvgIpc) is 3.03. The molecular formula is C17H24N4O. The van der Waals surface area contributed by atoms with Crippen LogP contribution in [0.25, 0.3) is 0 Å². The highest BCUT2D eigenvalue weighted by molar-refractivity contribution is 5.24. The zero-order valence-corrected chi connectivity index (χ0v) is 13.2. The molecule has 5 heteroatoms. The molecular weight excluding hydrogens is 276 g/mol. The van der Waals surface area contributed by atoms with Gasteiger partial charge in [0.2, 0.25) is 5.89 Å². The summed E-state index contributed by atoms with van der Waals surface area (Å²) in [4.78, 5) is 2.21. The Morgan fingerprint density at radius 3 is 2.68 bits per heavy atom. The SMILES string of the molecule is CNCc1nnc(N2CCC(CCc3ccccc3)CC2)o1. The summed E-state index contributed by atoms with van der Waals surface area (Å²) in [6.45, 7) is 2.65. The van der Waals surface area contributed by atoms with E-state index < -0.39 is 0 Å². The molecule has 0 spiro atoms. The van der Waals surface area contributed by atoms with Crippen molar-refractivity contribution in [2.45, 2.75) is 32.2 Å². The zero-order chi connectivity index (χ0) is 15.2. The van der Waals surface area contributed by atoms with Crippen molar-refractivity contribution in [1.82, 2.24) is 15.5 Å². The number of piperidine rings is 1. The van der Waals surface area contributed by atoms with E-state index in [-0.39, 0.29) is 0 Å². The number of hydrogen-bond donors (Lipinski definition) is 1. The average molecular weight is 300 g/mol. The van der Waals surface area contributed by atoms with Crippen molar-refractivity contribution in [3.05, 3.63) is 41.8 Å². The summed E-state index contributed by atoms with van der Waals surface area (Å²) in [6, 6.07) is 11.4. The van der Waals surface area contributed by atoms with Gasteiger partial charge in [-0.2, -0.15) is 0 Å². The highest BCUT2D eigenvalue weighted by Crippen LogP contribution is 2.25. The molecule has 1 aromatic carbocycles. The van der Waals surface area contributed by atoms with E-state index in [9.17, 15) is 0 Å². The lowest BCUT2D eigenvalue weighted by Gasteiger charge is -2.30. The fourth-order valence-corrected chi connectivity index (χ4v) is 3.02. The van der Waals surface area contributed by atoms with Crippen molar-refractivity contribution in [1.29, 1.82) is 0 Å². The Labute approximate surface area is 131 Å². The molecule has 22 heavy (non-hydrogen) atoms. The van der Waals surface area contributed by atoms with Gasteiger partial charge in [-0.25, -0.2) is 0 Å². The van der Waals surface area contributed by atoms with E-state index in [0.717, 1.165) is 19.0 Å². The van der Waals surface area contributed by atoms with Crippen LogP contribution < -0.4 is 10.2 Å². The smallest absolute Gasteiger partial charge is 0.318 e. The quantitative estimate of drug-likeness (QED) is 0.889. The van der Waals surface area contributed by atoms with Gasteiger partial charge in [0, 0.05) is 13.1 Å². The van der Waals surface area contributed by atoms with Crippen LogP contribution in [-0.4, -0.2) is 30.3 Å². The first-order chi connectivity index (χ1) is 10.8. The summed E-state index contributed by atoms with van der Waals surface area (Å²) in [5, 5.41) is 11.2. The maximum absolute atomic E-state index is 5.67. The topological polar surface area (TPSA) is 54.2 Å². The summed E-state index contributed by atoms with van der Waals surface area (Å²) in [6.07, 6.45) is 4.86. The second-order valence-electron chi connectivity index (χ2n) is 5.96. The standard InChI is InChI=1S/C17H24N4O/c1-18-13-16-19-20-17(22-16)21-11-9-15(10-12-21)8-7-14-5-3-2-4-6-14/h2-6,15,18H,7-13H2,1H3. The third-order valence-electron chi connectivity index (χ3n) is 4.35. The minimum absolute atomic E-state index is 0.626. The molecule has 0 bridgehead atoms. The lowest BCUT2D eigenvalue weighted by atomic mass is 9.91. The van der Waals surface area contributed by atoms with E-state index in [4.69, 9.17) is 4.42 Å². The second-order valence-corrected chi connectivity index (χ2v) is 5.96. The molecule has 118 valence electrons. The second kappa shape index (κ2) is 7.40. The number of aromatic nitrogens is 2. The van der Waals surface area contributed by atoms with Crippen LogP contribution in [-0.2, 0) is 13.0 Å². The molecule has 1 aliphatic rings. The molecule has 0 radical (unpaired) electrons. The van der Waals surface area contributed by atoms with Crippen LogP contribution in [0.1, 0.15) is 30.7 Å². The number of aryl methyl sites for hydroxylation is 1. The van der Waals surface area contributed by atoms with Crippen LogP contribution in [0.15, 0.2) is 34.7 Å². The molecule has 2 aromatic rings. The molecule has 1 aromatic heterocycles. The number of hydrogen-bond acceptors (Lipinski definition) is 5. The van der Waals surface area contributed by atoms with Gasteiger partial charge in [-0.1, -0.05) is 35.4 Å². The summed E-state index contributed by atoms with van der Waals surface area (Å²) in [5.41, 5.74) is 1.44. The van der Waals surface area contributed by atoms with Gasteiger partial charge in [-0.05, 0) is 44.2 Å². The Morgan fingerprint density at radius 1 is 1.18 bits per heavy atom. The summed E-state index contributed by atoms with van der Waals surface area (Å²) in [5.74, 6) is 1.46. The Bertz CT molecular complexity index is 561. The molecule has 0 aliphatic carbocycles. The first-order valence-electron chi connectivity index (χ1n) is 8.11. The van der Waals surface area contributed by atoms with Gasteiger partial charge in [0.15, 0.2) is 0 Å². The van der Waals surface area contributed by atoms with Crippen LogP contribution in [0.5, 0.6) is 0 Å². The molecule has 0 amide bonds. The molecule has 5 nitrogen and oxygen atoms in total. The number of benzene rings is 1. The van der Waals surface area contributed by atoms with Crippen LogP contribution in [0.4, 0.5) is 6.01 Å². The number of rotatable bonds is 6. The Kier molecular flexibility index (Phi) is 5.06. The maximum atomic E-state index is 5.67. The Morgan fingerprint density at radius 2 is 1.95 bits per heavy atom. The highest BCUT2D eigenvalue weighted by Gasteiger charge is 2.22. The normalized spacial score (nSPS) is 16.1. The van der Waals surface area contributed by atoms with Gasteiger partial charge in [-0.3, -0.25) is 0 Å². The first kappa shape index (κ1) is 15.0. The van der Waals surface area contributed by atoms with Crippen molar-refractivity contribution in [2.75, 3.05) is 25.0 Å². The van der Waals surface area contributed by atoms with Crippen molar-refractivity contribution in [3.63, 3.8) is 0 Å². The predicted octanol–water partition coefficient (Wildman–Crippen LogP) is 2.64. The third kappa shape index (κ3) is 3.85. The van der Waals surface area contributed by atoms with Crippen molar-refractivity contribution in [3.8, 4) is 0 Å². The fourth-order valence-electron chi connectivity index (χ4n) is 3.02. The molecule has 0 saturated carbocycles. The van der Waals surface area contributed by atoms with Crippen molar-refractivity contribution < 1.29 is 4.42 Å². The summed E-state index contributed by atoms with van der Waals surface area (Å²) in [7, 11) is 1.88. The number of nitrogens with zero attached hydrogens (tertiary/aromatic N) is 3. The van der Waals surface area contributed by atoms with Crippen LogP contribution in [0.2, 0.25) is 0 Å². The molecule has 1 fully saturated rings. The van der Waals surface area contributed by atoms with E-state index in [1.807, 2.05) is 7.05 Å². The molecule has 1 N–H and O–H groups in total. The van der Waals surface area contributed by atoms with Crippen LogP contribution >= 0.6 is 0 Å². The zero-order valence-electron chi connectivity index (χ0n) is 13.2. The minimum atomic E-state index is 0.626. The molecule has 0 unspecified atom stereocenters. The highest BCUT2D eigenvalue weighted by atomic mass is 16.4. The lowest BCUT2D eigenvalue weighted by molar-refractivity contribution is 0.364. The van der Waals surface area contributed by atoms with Gasteiger partial charge in [0.1, 0.15) is 0 Å². The first-order valence-corrected chi connectivity index (χ1v) is 8.11. The monoisotopic (exact) mass is 300 g/mol. The lowest BCUT2D eigenvalue weighted by Crippen LogP contribution is -2.34. The van der Waals surface area contributed by atoms with E-state index in [0.29, 0.717) is 18.5 Å². The van der Waals surface area contributed by atoms with E-state index in [1.165, 1.54) is 31.2 Å². The van der Waals surface area contributed by atoms with Gasteiger partial charge < -0.3 is 14.6 Å². The minimum Gasteiger partial charge on any atom is -0.407 e. The van der Waals surface area contributed by atoms with E-state index in [2.05, 4.69) is 50.7 Å². The summed E-state index contributed by atoms with van der Waals surface area (Å²) >= 11 is 0. The van der Waals surface area contributed by atoms with Crippen LogP contribution in [0.3, 0.4) is 0 Å². The molecule has 3 rings (SSSR count). The van der Waals surface area contributed by atoms with Gasteiger partial charge >= 0.3 is 6.01 Å².